The zero-order valence-corrected chi connectivity index (χ0v) is 10.8. The zero-order chi connectivity index (χ0) is 13.4. The van der Waals surface area contributed by atoms with Gasteiger partial charge in [-0.05, 0) is 19.4 Å². The van der Waals surface area contributed by atoms with E-state index in [4.69, 9.17) is 9.15 Å². The van der Waals surface area contributed by atoms with Crippen LogP contribution in [0.5, 0.6) is 0 Å². The highest BCUT2D eigenvalue weighted by molar-refractivity contribution is 5.95. The van der Waals surface area contributed by atoms with Crippen molar-refractivity contribution in [3.63, 3.8) is 0 Å². The molecule has 0 aliphatic carbocycles. The molecule has 0 aromatic carbocycles. The Labute approximate surface area is 106 Å². The fourth-order valence-corrected chi connectivity index (χ4v) is 1.58. The van der Waals surface area contributed by atoms with Crippen LogP contribution in [0, 0.1) is 0 Å². The molecule has 0 saturated carbocycles. The molecule has 0 saturated heterocycles. The minimum absolute atomic E-state index is 0.163. The van der Waals surface area contributed by atoms with E-state index in [1.54, 1.807) is 13.0 Å². The van der Waals surface area contributed by atoms with E-state index in [0.717, 1.165) is 0 Å². The molecule has 0 aliphatic heterocycles. The molecule has 1 aromatic rings. The van der Waals surface area contributed by atoms with Crippen molar-refractivity contribution in [2.75, 3.05) is 13.2 Å². The minimum atomic E-state index is -0.232. The van der Waals surface area contributed by atoms with Crippen molar-refractivity contribution in [2.45, 2.75) is 33.1 Å². The summed E-state index contributed by atoms with van der Waals surface area (Å²) in [6.07, 6.45) is 3.08. The van der Waals surface area contributed by atoms with Crippen molar-refractivity contribution < 1.29 is 18.7 Å². The summed E-state index contributed by atoms with van der Waals surface area (Å²) < 4.78 is 9.97. The van der Waals surface area contributed by atoms with E-state index < -0.39 is 0 Å². The maximum absolute atomic E-state index is 11.8. The highest BCUT2D eigenvalue weighted by atomic mass is 16.5. The fraction of sp³-hybridized carbons (Fsp3) is 0.538. The molecule has 1 amide bonds. The molecular weight excluding hydrogens is 234 g/mol. The number of carbonyl (C=O) groups is 2. The van der Waals surface area contributed by atoms with Gasteiger partial charge < -0.3 is 14.5 Å². The van der Waals surface area contributed by atoms with Gasteiger partial charge in [0.1, 0.15) is 5.76 Å². The van der Waals surface area contributed by atoms with Crippen molar-refractivity contribution in [3.8, 4) is 0 Å². The van der Waals surface area contributed by atoms with Crippen LogP contribution in [-0.2, 0) is 16.0 Å². The second-order valence-electron chi connectivity index (χ2n) is 3.78. The van der Waals surface area contributed by atoms with E-state index in [0.29, 0.717) is 43.7 Å². The molecule has 0 spiro atoms. The van der Waals surface area contributed by atoms with E-state index in [9.17, 15) is 9.59 Å². The Morgan fingerprint density at radius 3 is 2.83 bits per heavy atom. The first kappa shape index (κ1) is 14.3. The van der Waals surface area contributed by atoms with Crippen molar-refractivity contribution in [2.24, 2.45) is 0 Å². The molecule has 18 heavy (non-hydrogen) atoms. The third-order valence-electron chi connectivity index (χ3n) is 2.46. The second-order valence-corrected chi connectivity index (χ2v) is 3.78. The van der Waals surface area contributed by atoms with Gasteiger partial charge in [-0.3, -0.25) is 9.59 Å². The lowest BCUT2D eigenvalue weighted by Crippen LogP contribution is -2.25. The monoisotopic (exact) mass is 253 g/mol. The predicted octanol–water partition coefficient (Wildman–Crippen LogP) is 1.92. The fourth-order valence-electron chi connectivity index (χ4n) is 1.58. The van der Waals surface area contributed by atoms with Crippen LogP contribution < -0.4 is 5.32 Å². The summed E-state index contributed by atoms with van der Waals surface area (Å²) in [6, 6.07) is 1.65. The van der Waals surface area contributed by atoms with Crippen molar-refractivity contribution in [1.29, 1.82) is 0 Å². The predicted molar refractivity (Wildman–Crippen MR) is 66.3 cm³/mol. The molecule has 5 heteroatoms. The van der Waals surface area contributed by atoms with E-state index in [2.05, 4.69) is 5.32 Å². The first-order valence-corrected chi connectivity index (χ1v) is 6.19. The van der Waals surface area contributed by atoms with Gasteiger partial charge in [0.25, 0.3) is 5.91 Å². The molecule has 0 bridgehead atoms. The smallest absolute Gasteiger partial charge is 0.305 e. The van der Waals surface area contributed by atoms with Crippen molar-refractivity contribution >= 4 is 11.9 Å². The summed E-state index contributed by atoms with van der Waals surface area (Å²) in [5, 5.41) is 2.75. The molecule has 1 heterocycles. The number of esters is 1. The Kier molecular flexibility index (Phi) is 5.97. The molecule has 0 atom stereocenters. The quantitative estimate of drug-likeness (QED) is 0.595. The minimum Gasteiger partial charge on any atom is -0.469 e. The van der Waals surface area contributed by atoms with Gasteiger partial charge in [-0.1, -0.05) is 6.92 Å². The molecule has 1 aromatic heterocycles. The summed E-state index contributed by atoms with van der Waals surface area (Å²) in [4.78, 5) is 22.8. The first-order chi connectivity index (χ1) is 8.69. The highest BCUT2D eigenvalue weighted by Crippen LogP contribution is 2.10. The number of amides is 1. The van der Waals surface area contributed by atoms with Gasteiger partial charge in [0.05, 0.1) is 18.4 Å². The maximum Gasteiger partial charge on any atom is 0.305 e. The van der Waals surface area contributed by atoms with Crippen LogP contribution in [0.1, 0.15) is 42.8 Å². The third kappa shape index (κ3) is 4.24. The van der Waals surface area contributed by atoms with E-state index >= 15 is 0 Å². The van der Waals surface area contributed by atoms with Gasteiger partial charge in [-0.15, -0.1) is 0 Å². The SMILES string of the molecule is CCOC(=O)CCCNC(=O)c1ccoc1CC. The summed E-state index contributed by atoms with van der Waals surface area (Å²) in [5.74, 6) is 0.284. The number of hydrogen-bond donors (Lipinski definition) is 1. The van der Waals surface area contributed by atoms with Crippen LogP contribution in [0.3, 0.4) is 0 Å². The Morgan fingerprint density at radius 1 is 1.39 bits per heavy atom. The summed E-state index contributed by atoms with van der Waals surface area (Å²) >= 11 is 0. The maximum atomic E-state index is 11.8. The summed E-state index contributed by atoms with van der Waals surface area (Å²) in [5.41, 5.74) is 0.564. The average molecular weight is 253 g/mol. The van der Waals surface area contributed by atoms with Gasteiger partial charge in [-0.25, -0.2) is 0 Å². The van der Waals surface area contributed by atoms with Gasteiger partial charge in [-0.2, -0.15) is 0 Å². The van der Waals surface area contributed by atoms with Gasteiger partial charge in [0.2, 0.25) is 0 Å². The Hall–Kier alpha value is -1.78. The van der Waals surface area contributed by atoms with Crippen molar-refractivity contribution in [1.82, 2.24) is 5.32 Å². The largest absolute Gasteiger partial charge is 0.469 e. The molecule has 0 fully saturated rings. The molecule has 0 unspecified atom stereocenters. The lowest BCUT2D eigenvalue weighted by Gasteiger charge is -2.04. The number of aryl methyl sites for hydroxylation is 1. The average Bonchev–Trinajstić information content (AvgIpc) is 2.83. The van der Waals surface area contributed by atoms with Crippen LogP contribution in [-0.4, -0.2) is 25.0 Å². The van der Waals surface area contributed by atoms with Gasteiger partial charge >= 0.3 is 5.97 Å². The molecular formula is C13H19NO4. The summed E-state index contributed by atoms with van der Waals surface area (Å²) in [7, 11) is 0. The number of rotatable bonds is 7. The van der Waals surface area contributed by atoms with Crippen LogP contribution >= 0.6 is 0 Å². The normalized spacial score (nSPS) is 10.1. The number of furan rings is 1. The number of carbonyl (C=O) groups excluding carboxylic acids is 2. The van der Waals surface area contributed by atoms with Crippen LogP contribution in [0.25, 0.3) is 0 Å². The van der Waals surface area contributed by atoms with Crippen LogP contribution in [0.15, 0.2) is 16.7 Å². The molecule has 1 N–H and O–H groups in total. The molecule has 5 nitrogen and oxygen atoms in total. The van der Waals surface area contributed by atoms with E-state index in [1.807, 2.05) is 6.92 Å². The topological polar surface area (TPSA) is 68.5 Å². The van der Waals surface area contributed by atoms with Crippen LogP contribution in [0.4, 0.5) is 0 Å². The standard InChI is InChI=1S/C13H19NO4/c1-3-11-10(7-9-18-11)13(16)14-8-5-6-12(15)17-4-2/h7,9H,3-6,8H2,1-2H3,(H,14,16). The first-order valence-electron chi connectivity index (χ1n) is 6.19. The third-order valence-corrected chi connectivity index (χ3v) is 2.46. The molecule has 100 valence electrons. The second kappa shape index (κ2) is 7.53. The highest BCUT2D eigenvalue weighted by Gasteiger charge is 2.12. The molecule has 0 radical (unpaired) electrons. The lowest BCUT2D eigenvalue weighted by molar-refractivity contribution is -0.143. The summed E-state index contributed by atoms with van der Waals surface area (Å²) in [6.45, 7) is 4.53. The molecule has 0 aliphatic rings. The number of ether oxygens (including phenoxy) is 1. The van der Waals surface area contributed by atoms with Crippen molar-refractivity contribution in [3.05, 3.63) is 23.7 Å². The van der Waals surface area contributed by atoms with E-state index in [1.165, 1.54) is 6.26 Å². The van der Waals surface area contributed by atoms with Gasteiger partial charge in [0.15, 0.2) is 0 Å². The lowest BCUT2D eigenvalue weighted by atomic mass is 10.2. The number of hydrogen-bond acceptors (Lipinski definition) is 4. The van der Waals surface area contributed by atoms with E-state index in [-0.39, 0.29) is 11.9 Å². The Morgan fingerprint density at radius 2 is 2.17 bits per heavy atom. The van der Waals surface area contributed by atoms with Gasteiger partial charge in [0, 0.05) is 19.4 Å². The van der Waals surface area contributed by atoms with Crippen LogP contribution in [0.2, 0.25) is 0 Å². The zero-order valence-electron chi connectivity index (χ0n) is 10.8. The number of nitrogens with one attached hydrogen (secondary N) is 1. The molecule has 1 rings (SSSR count). The Bertz CT molecular complexity index is 397. The Balaban J connectivity index is 2.28.